The number of rotatable bonds is 8. The summed E-state index contributed by atoms with van der Waals surface area (Å²) < 4.78 is 0. The molecule has 2 heterocycles. The third-order valence-corrected chi connectivity index (χ3v) is 4.80. The minimum Gasteiger partial charge on any atom is -0.372 e. The van der Waals surface area contributed by atoms with Gasteiger partial charge >= 0.3 is 0 Å². The fourth-order valence-corrected chi connectivity index (χ4v) is 3.25. The van der Waals surface area contributed by atoms with E-state index in [2.05, 4.69) is 44.6 Å². The molecule has 0 radical (unpaired) electrons. The normalized spacial score (nSPS) is 14.0. The molecule has 6 heteroatoms. The molecule has 2 aromatic rings. The van der Waals surface area contributed by atoms with Gasteiger partial charge in [-0.1, -0.05) is 19.8 Å². The molecule has 0 bridgehead atoms. The average molecular weight is 367 g/mol. The standard InChI is InChI=1S/C21H29N5O/c1-2-3-5-13-22-20(27)19-12-14-23-21(25-19)24-17-8-10-18(11-9-17)26-15-6-4-7-16-26/h8-12,14H,2-7,13,15-16H2,1H3,(H,22,27)(H,23,24,25). The molecule has 1 aromatic carbocycles. The molecule has 1 saturated heterocycles. The quantitative estimate of drug-likeness (QED) is 0.687. The first-order valence-electron chi connectivity index (χ1n) is 9.99. The predicted octanol–water partition coefficient (Wildman–Crippen LogP) is 4.13. The van der Waals surface area contributed by atoms with Crippen molar-refractivity contribution >= 4 is 23.2 Å². The van der Waals surface area contributed by atoms with E-state index in [-0.39, 0.29) is 5.91 Å². The SMILES string of the molecule is CCCCCNC(=O)c1ccnc(Nc2ccc(N3CCCCC3)cc2)n1. The summed E-state index contributed by atoms with van der Waals surface area (Å²) in [4.78, 5) is 23.2. The Hall–Kier alpha value is -2.63. The molecular formula is C21H29N5O. The van der Waals surface area contributed by atoms with Gasteiger partial charge in [-0.2, -0.15) is 0 Å². The number of hydrogen-bond acceptors (Lipinski definition) is 5. The molecule has 1 aliphatic rings. The Morgan fingerprint density at radius 1 is 1.07 bits per heavy atom. The molecule has 1 amide bonds. The van der Waals surface area contributed by atoms with Gasteiger partial charge in [-0.05, 0) is 56.0 Å². The highest BCUT2D eigenvalue weighted by atomic mass is 16.1. The summed E-state index contributed by atoms with van der Waals surface area (Å²) in [5, 5.41) is 6.09. The van der Waals surface area contributed by atoms with E-state index < -0.39 is 0 Å². The Bertz CT molecular complexity index is 726. The molecule has 2 N–H and O–H groups in total. The lowest BCUT2D eigenvalue weighted by molar-refractivity contribution is 0.0948. The van der Waals surface area contributed by atoms with Crippen LogP contribution in [-0.4, -0.2) is 35.5 Å². The van der Waals surface area contributed by atoms with Crippen molar-refractivity contribution < 1.29 is 4.79 Å². The Balaban J connectivity index is 1.58. The third-order valence-electron chi connectivity index (χ3n) is 4.80. The topological polar surface area (TPSA) is 70.2 Å². The number of carbonyl (C=O) groups excluding carboxylic acids is 1. The zero-order valence-corrected chi connectivity index (χ0v) is 16.1. The van der Waals surface area contributed by atoms with Crippen molar-refractivity contribution in [1.29, 1.82) is 0 Å². The van der Waals surface area contributed by atoms with Crippen LogP contribution in [0.2, 0.25) is 0 Å². The van der Waals surface area contributed by atoms with Crippen LogP contribution >= 0.6 is 0 Å². The zero-order valence-electron chi connectivity index (χ0n) is 16.1. The Morgan fingerprint density at radius 3 is 2.59 bits per heavy atom. The van der Waals surface area contributed by atoms with Gasteiger partial charge in [0.1, 0.15) is 5.69 Å². The Kier molecular flexibility index (Phi) is 7.02. The van der Waals surface area contributed by atoms with Gasteiger partial charge in [0.2, 0.25) is 5.95 Å². The molecule has 0 unspecified atom stereocenters. The van der Waals surface area contributed by atoms with Crippen LogP contribution in [0.15, 0.2) is 36.5 Å². The number of piperidine rings is 1. The van der Waals surface area contributed by atoms with Crippen LogP contribution in [0.1, 0.15) is 55.9 Å². The van der Waals surface area contributed by atoms with Crippen LogP contribution in [0.25, 0.3) is 0 Å². The highest BCUT2D eigenvalue weighted by molar-refractivity contribution is 5.92. The van der Waals surface area contributed by atoms with E-state index in [1.54, 1.807) is 12.3 Å². The number of nitrogens with zero attached hydrogens (tertiary/aromatic N) is 3. The van der Waals surface area contributed by atoms with E-state index >= 15 is 0 Å². The van der Waals surface area contributed by atoms with Gasteiger partial charge in [0.05, 0.1) is 0 Å². The van der Waals surface area contributed by atoms with Crippen molar-refractivity contribution in [3.63, 3.8) is 0 Å². The van der Waals surface area contributed by atoms with Crippen LogP contribution in [0.3, 0.4) is 0 Å². The smallest absolute Gasteiger partial charge is 0.270 e. The van der Waals surface area contributed by atoms with Crippen molar-refractivity contribution in [3.8, 4) is 0 Å². The monoisotopic (exact) mass is 367 g/mol. The first-order chi connectivity index (χ1) is 13.3. The molecular weight excluding hydrogens is 338 g/mol. The van der Waals surface area contributed by atoms with E-state index in [9.17, 15) is 4.79 Å². The fourth-order valence-electron chi connectivity index (χ4n) is 3.25. The minimum atomic E-state index is -0.156. The summed E-state index contributed by atoms with van der Waals surface area (Å²) in [6.07, 6.45) is 8.71. The number of aromatic nitrogens is 2. The number of anilines is 3. The number of unbranched alkanes of at least 4 members (excludes halogenated alkanes) is 2. The van der Waals surface area contributed by atoms with Gasteiger partial charge < -0.3 is 15.5 Å². The largest absolute Gasteiger partial charge is 0.372 e. The zero-order chi connectivity index (χ0) is 18.9. The molecule has 144 valence electrons. The van der Waals surface area contributed by atoms with Crippen molar-refractivity contribution in [1.82, 2.24) is 15.3 Å². The van der Waals surface area contributed by atoms with Crippen molar-refractivity contribution in [2.24, 2.45) is 0 Å². The number of nitrogens with one attached hydrogen (secondary N) is 2. The van der Waals surface area contributed by atoms with Crippen LogP contribution in [0.4, 0.5) is 17.3 Å². The molecule has 0 aliphatic carbocycles. The maximum absolute atomic E-state index is 12.2. The Morgan fingerprint density at radius 2 is 1.85 bits per heavy atom. The van der Waals surface area contributed by atoms with Crippen molar-refractivity contribution in [2.75, 3.05) is 29.9 Å². The first-order valence-corrected chi connectivity index (χ1v) is 9.99. The highest BCUT2D eigenvalue weighted by Gasteiger charge is 2.11. The molecule has 1 aromatic heterocycles. The van der Waals surface area contributed by atoms with Gasteiger partial charge in [-0.25, -0.2) is 9.97 Å². The maximum Gasteiger partial charge on any atom is 0.270 e. The second-order valence-electron chi connectivity index (χ2n) is 6.95. The van der Waals surface area contributed by atoms with E-state index in [1.807, 2.05) is 12.1 Å². The van der Waals surface area contributed by atoms with Gasteiger partial charge in [0.15, 0.2) is 0 Å². The highest BCUT2D eigenvalue weighted by Crippen LogP contribution is 2.22. The van der Waals surface area contributed by atoms with Crippen LogP contribution in [0, 0.1) is 0 Å². The van der Waals surface area contributed by atoms with Crippen LogP contribution in [-0.2, 0) is 0 Å². The molecule has 0 saturated carbocycles. The summed E-state index contributed by atoms with van der Waals surface area (Å²) in [6.45, 7) is 5.08. The lowest BCUT2D eigenvalue weighted by Crippen LogP contribution is -2.29. The second kappa shape index (κ2) is 9.90. The molecule has 1 aliphatic heterocycles. The summed E-state index contributed by atoms with van der Waals surface area (Å²) in [5.41, 5.74) is 2.55. The Labute approximate surface area is 161 Å². The molecule has 1 fully saturated rings. The summed E-state index contributed by atoms with van der Waals surface area (Å²) >= 11 is 0. The van der Waals surface area contributed by atoms with Gasteiger partial charge in [-0.3, -0.25) is 4.79 Å². The van der Waals surface area contributed by atoms with E-state index in [4.69, 9.17) is 0 Å². The number of hydrogen-bond donors (Lipinski definition) is 2. The number of benzene rings is 1. The van der Waals surface area contributed by atoms with E-state index in [0.717, 1.165) is 38.0 Å². The first kappa shape index (κ1) is 19.1. The maximum atomic E-state index is 12.2. The molecule has 27 heavy (non-hydrogen) atoms. The van der Waals surface area contributed by atoms with Crippen LogP contribution in [0.5, 0.6) is 0 Å². The van der Waals surface area contributed by atoms with E-state index in [1.165, 1.54) is 24.9 Å². The third kappa shape index (κ3) is 5.67. The molecule has 0 atom stereocenters. The van der Waals surface area contributed by atoms with Crippen LogP contribution < -0.4 is 15.5 Å². The number of amides is 1. The lowest BCUT2D eigenvalue weighted by Gasteiger charge is -2.28. The van der Waals surface area contributed by atoms with Gasteiger partial charge in [-0.15, -0.1) is 0 Å². The second-order valence-corrected chi connectivity index (χ2v) is 6.95. The van der Waals surface area contributed by atoms with E-state index in [0.29, 0.717) is 18.2 Å². The van der Waals surface area contributed by atoms with Gasteiger partial charge in [0.25, 0.3) is 5.91 Å². The summed E-state index contributed by atoms with van der Waals surface area (Å²) in [5.74, 6) is 0.277. The summed E-state index contributed by atoms with van der Waals surface area (Å²) in [6, 6.07) is 9.95. The molecule has 6 nitrogen and oxygen atoms in total. The summed E-state index contributed by atoms with van der Waals surface area (Å²) in [7, 11) is 0. The van der Waals surface area contributed by atoms with Crippen molar-refractivity contribution in [2.45, 2.75) is 45.4 Å². The molecule has 3 rings (SSSR count). The minimum absolute atomic E-state index is 0.156. The fraction of sp³-hybridized carbons (Fsp3) is 0.476. The van der Waals surface area contributed by atoms with Gasteiger partial charge in [0, 0.05) is 37.2 Å². The molecule has 0 spiro atoms. The lowest BCUT2D eigenvalue weighted by atomic mass is 10.1. The van der Waals surface area contributed by atoms with Crippen molar-refractivity contribution in [3.05, 3.63) is 42.2 Å². The average Bonchev–Trinajstić information content (AvgIpc) is 2.72. The number of carbonyl (C=O) groups is 1. The predicted molar refractivity (Wildman–Crippen MR) is 110 cm³/mol.